The number of esters is 3. The number of rotatable bonds is 11. The number of hydrogen-bond acceptors (Lipinski definition) is 14. The van der Waals surface area contributed by atoms with Crippen LogP contribution in [0.15, 0.2) is 42.5 Å². The average molecular weight is 591 g/mol. The van der Waals surface area contributed by atoms with Crippen LogP contribution in [-0.4, -0.2) is 52.8 Å². The molecule has 0 aliphatic heterocycles. The predicted octanol–water partition coefficient (Wildman–Crippen LogP) is 2.36. The van der Waals surface area contributed by atoms with Crippen LogP contribution in [0.4, 0.5) is 16.2 Å². The first kappa shape index (κ1) is 33.4. The van der Waals surface area contributed by atoms with E-state index in [1.165, 1.54) is 13.8 Å². The molecule has 2 unspecified atom stereocenters. The summed E-state index contributed by atoms with van der Waals surface area (Å²) >= 11 is 0. The van der Waals surface area contributed by atoms with Crippen molar-refractivity contribution in [2.45, 2.75) is 58.4 Å². The first-order valence-corrected chi connectivity index (χ1v) is 12.6. The summed E-state index contributed by atoms with van der Waals surface area (Å²) in [7, 11) is 0. The number of nitrogen functional groups attached to an aromatic ring is 1. The van der Waals surface area contributed by atoms with Crippen molar-refractivity contribution in [3.05, 3.63) is 58.1 Å². The third-order valence-corrected chi connectivity index (χ3v) is 5.56. The molecule has 0 bridgehead atoms. The van der Waals surface area contributed by atoms with Crippen LogP contribution in [0.1, 0.15) is 40.2 Å². The summed E-state index contributed by atoms with van der Waals surface area (Å²) in [5, 5.41) is 11.2. The number of anilines is 1. The zero-order valence-corrected chi connectivity index (χ0v) is 23.8. The van der Waals surface area contributed by atoms with Crippen molar-refractivity contribution in [2.24, 2.45) is 17.4 Å². The predicted molar refractivity (Wildman–Crippen MR) is 147 cm³/mol. The summed E-state index contributed by atoms with van der Waals surface area (Å²) in [4.78, 5) is 60.8. The summed E-state index contributed by atoms with van der Waals surface area (Å²) in [6.07, 6.45) is -1.20. The zero-order valence-electron chi connectivity index (χ0n) is 23.8. The number of ether oxygens (including phenoxy) is 5. The number of nitrogens with zero attached hydrogens (tertiary/aromatic N) is 1. The smallest absolute Gasteiger partial charge is 0.462 e. The van der Waals surface area contributed by atoms with Crippen LogP contribution in [-0.2, 0) is 35.2 Å². The Morgan fingerprint density at radius 2 is 1.55 bits per heavy atom. The number of nitrogens with two attached hydrogens (primary N) is 3. The Labute approximate surface area is 241 Å². The van der Waals surface area contributed by atoms with E-state index in [1.54, 1.807) is 45.0 Å². The maximum absolute atomic E-state index is 12.8. The lowest BCUT2D eigenvalue weighted by molar-refractivity contribution is -0.384. The van der Waals surface area contributed by atoms with Crippen LogP contribution in [0.25, 0.3) is 0 Å². The van der Waals surface area contributed by atoms with Gasteiger partial charge in [-0.3, -0.25) is 10.1 Å². The van der Waals surface area contributed by atoms with Crippen molar-refractivity contribution in [3.63, 3.8) is 0 Å². The van der Waals surface area contributed by atoms with Crippen LogP contribution in [0.3, 0.4) is 0 Å². The molecule has 2 aromatic carbocycles. The third-order valence-electron chi connectivity index (χ3n) is 5.56. The minimum atomic E-state index is -2.20. The number of nitro benzene ring substituents is 1. The van der Waals surface area contributed by atoms with Crippen molar-refractivity contribution in [1.29, 1.82) is 0 Å². The molecule has 0 fully saturated rings. The van der Waals surface area contributed by atoms with E-state index in [2.05, 4.69) is 0 Å². The Kier molecular flexibility index (Phi) is 10.9. The van der Waals surface area contributed by atoms with E-state index in [4.69, 9.17) is 40.9 Å². The second-order valence-corrected chi connectivity index (χ2v) is 10.4. The fraction of sp³-hybridized carbons (Fsp3) is 0.407. The molecule has 0 radical (unpaired) electrons. The van der Waals surface area contributed by atoms with Gasteiger partial charge in [-0.15, -0.1) is 0 Å². The molecule has 228 valence electrons. The Bertz CT molecular complexity index is 1320. The Hall–Kier alpha value is -4.76. The molecule has 2 aromatic rings. The molecule has 0 heterocycles. The number of carbonyl (C=O) groups is 4. The van der Waals surface area contributed by atoms with E-state index in [1.807, 2.05) is 0 Å². The fourth-order valence-electron chi connectivity index (χ4n) is 3.10. The molecule has 0 saturated carbocycles. The largest absolute Gasteiger partial charge is 0.514 e. The number of hydrogen-bond donors (Lipinski definition) is 3. The number of benzene rings is 2. The van der Waals surface area contributed by atoms with Crippen molar-refractivity contribution >= 4 is 35.4 Å². The molecule has 0 aliphatic rings. The Morgan fingerprint density at radius 3 is 2.10 bits per heavy atom. The molecule has 2 rings (SSSR count). The van der Waals surface area contributed by atoms with Gasteiger partial charge in [-0.05, 0) is 50.5 Å². The van der Waals surface area contributed by atoms with Gasteiger partial charge in [0.05, 0.1) is 11.0 Å². The van der Waals surface area contributed by atoms with Crippen LogP contribution < -0.4 is 26.7 Å². The van der Waals surface area contributed by atoms with E-state index in [9.17, 15) is 29.3 Å². The minimum absolute atomic E-state index is 0.181. The summed E-state index contributed by atoms with van der Waals surface area (Å²) in [6.45, 7) is 6.83. The van der Waals surface area contributed by atoms with Gasteiger partial charge in [0.1, 0.15) is 24.9 Å². The standard InChI is InChI=1S/C27H34N4O11/c1-15(2)27(30,24(34)42-26(3,4)5)23(33)38-14-19(29)22(32)40-21-12-18(31(36)37)10-11-20(21)41-25(35)39-13-16-6-8-17(28)9-7-16/h6-12,15,19H,13-14,28-30H2,1-5H3. The second kappa shape index (κ2) is 13.7. The van der Waals surface area contributed by atoms with Crippen LogP contribution >= 0.6 is 0 Å². The van der Waals surface area contributed by atoms with Crippen LogP contribution in [0, 0.1) is 16.0 Å². The molecule has 15 heteroatoms. The van der Waals surface area contributed by atoms with E-state index < -0.39 is 75.9 Å². The van der Waals surface area contributed by atoms with Gasteiger partial charge in [0.15, 0.2) is 11.5 Å². The van der Waals surface area contributed by atoms with Crippen LogP contribution in [0.2, 0.25) is 0 Å². The van der Waals surface area contributed by atoms with Gasteiger partial charge in [0.2, 0.25) is 5.54 Å². The number of carbonyl (C=O) groups excluding carboxylic acids is 4. The highest BCUT2D eigenvalue weighted by Gasteiger charge is 2.49. The summed E-state index contributed by atoms with van der Waals surface area (Å²) < 4.78 is 25.5. The first-order chi connectivity index (χ1) is 19.4. The lowest BCUT2D eigenvalue weighted by atomic mass is 9.87. The van der Waals surface area contributed by atoms with Crippen molar-refractivity contribution in [2.75, 3.05) is 12.3 Å². The number of nitro groups is 1. The maximum atomic E-state index is 12.8. The molecule has 2 atom stereocenters. The molecule has 0 aliphatic carbocycles. The highest BCUT2D eigenvalue weighted by molar-refractivity contribution is 6.05. The van der Waals surface area contributed by atoms with Gasteiger partial charge in [0, 0.05) is 11.8 Å². The van der Waals surface area contributed by atoms with Crippen LogP contribution in [0.5, 0.6) is 11.5 Å². The fourth-order valence-corrected chi connectivity index (χ4v) is 3.10. The zero-order chi connectivity index (χ0) is 31.8. The molecular weight excluding hydrogens is 556 g/mol. The topological polar surface area (TPSA) is 236 Å². The highest BCUT2D eigenvalue weighted by atomic mass is 16.7. The number of non-ortho nitro benzene ring substituents is 1. The van der Waals surface area contributed by atoms with Gasteiger partial charge in [-0.2, -0.15) is 0 Å². The van der Waals surface area contributed by atoms with E-state index in [0.717, 1.165) is 18.2 Å². The lowest BCUT2D eigenvalue weighted by Crippen LogP contribution is -2.61. The SMILES string of the molecule is CC(C)C(N)(C(=O)OCC(N)C(=O)Oc1cc([N+](=O)[O-])ccc1OC(=O)OCc1ccc(N)cc1)C(=O)OC(C)(C)C. The van der Waals surface area contributed by atoms with E-state index in [-0.39, 0.29) is 6.61 Å². The van der Waals surface area contributed by atoms with Gasteiger partial charge in [-0.1, -0.05) is 26.0 Å². The summed E-state index contributed by atoms with van der Waals surface area (Å²) in [5.74, 6) is -5.14. The Balaban J connectivity index is 2.11. The monoisotopic (exact) mass is 590 g/mol. The van der Waals surface area contributed by atoms with Gasteiger partial charge in [0.25, 0.3) is 5.69 Å². The molecule has 0 aromatic heterocycles. The van der Waals surface area contributed by atoms with Gasteiger partial charge < -0.3 is 40.9 Å². The summed E-state index contributed by atoms with van der Waals surface area (Å²) in [5.41, 5.74) is 14.9. The van der Waals surface area contributed by atoms with Crippen molar-refractivity contribution < 1.29 is 47.8 Å². The molecule has 0 spiro atoms. The lowest BCUT2D eigenvalue weighted by Gasteiger charge is -2.32. The summed E-state index contributed by atoms with van der Waals surface area (Å²) in [6, 6.07) is 7.67. The average Bonchev–Trinajstić information content (AvgIpc) is 2.90. The molecule has 15 nitrogen and oxygen atoms in total. The minimum Gasteiger partial charge on any atom is -0.462 e. The quantitative estimate of drug-likeness (QED) is 0.0498. The molecular formula is C27H34N4O11. The second-order valence-electron chi connectivity index (χ2n) is 10.4. The van der Waals surface area contributed by atoms with Gasteiger partial charge in [-0.25, -0.2) is 19.2 Å². The normalized spacial score (nSPS) is 13.3. The van der Waals surface area contributed by atoms with Crippen molar-refractivity contribution in [3.8, 4) is 11.5 Å². The van der Waals surface area contributed by atoms with Crippen molar-refractivity contribution in [1.82, 2.24) is 0 Å². The van der Waals surface area contributed by atoms with E-state index >= 15 is 0 Å². The Morgan fingerprint density at radius 1 is 0.929 bits per heavy atom. The highest BCUT2D eigenvalue weighted by Crippen LogP contribution is 2.32. The molecule has 0 saturated heterocycles. The third kappa shape index (κ3) is 9.14. The van der Waals surface area contributed by atoms with Gasteiger partial charge >= 0.3 is 24.1 Å². The molecule has 6 N–H and O–H groups in total. The maximum Gasteiger partial charge on any atom is 0.514 e. The molecule has 42 heavy (non-hydrogen) atoms. The first-order valence-electron chi connectivity index (χ1n) is 12.6. The molecule has 0 amide bonds. The van der Waals surface area contributed by atoms with E-state index in [0.29, 0.717) is 11.3 Å².